The van der Waals surface area contributed by atoms with E-state index >= 15 is 0 Å². The van der Waals surface area contributed by atoms with Gasteiger partial charge < -0.3 is 0 Å². The van der Waals surface area contributed by atoms with Gasteiger partial charge in [0.25, 0.3) is 0 Å². The Bertz CT molecular complexity index is 453. The first-order chi connectivity index (χ1) is 8.94. The van der Waals surface area contributed by atoms with Gasteiger partial charge in [-0.2, -0.15) is 5.10 Å². The highest BCUT2D eigenvalue weighted by Crippen LogP contribution is 2.54. The number of nitrogens with zero attached hydrogens (tertiary/aromatic N) is 2. The molecule has 2 atom stereocenters. The van der Waals surface area contributed by atoms with Crippen LogP contribution in [0.1, 0.15) is 45.5 Å². The van der Waals surface area contributed by atoms with Crippen LogP contribution in [-0.4, -0.2) is 15.8 Å². The lowest BCUT2D eigenvalue weighted by Gasteiger charge is -2.18. The number of nitrogens with one attached hydrogen (secondary N) is 1. The van der Waals surface area contributed by atoms with Crippen molar-refractivity contribution in [3.05, 3.63) is 15.9 Å². The molecule has 0 amide bonds. The predicted octanol–water partition coefficient (Wildman–Crippen LogP) is 2.65. The molecule has 1 aromatic rings. The van der Waals surface area contributed by atoms with Crippen LogP contribution in [0.4, 0.5) is 0 Å². The van der Waals surface area contributed by atoms with Crippen LogP contribution < -0.4 is 11.3 Å². The molecule has 19 heavy (non-hydrogen) atoms. The molecule has 0 aliphatic heterocycles. The highest BCUT2D eigenvalue weighted by molar-refractivity contribution is 9.10. The highest BCUT2D eigenvalue weighted by atomic mass is 79.9. The summed E-state index contributed by atoms with van der Waals surface area (Å²) in [4.78, 5) is 0. The Labute approximate surface area is 124 Å². The molecule has 3 N–H and O–H groups in total. The van der Waals surface area contributed by atoms with Crippen molar-refractivity contribution in [1.29, 1.82) is 0 Å². The van der Waals surface area contributed by atoms with E-state index in [1.165, 1.54) is 12.1 Å². The van der Waals surface area contributed by atoms with Crippen molar-refractivity contribution in [1.82, 2.24) is 15.2 Å². The van der Waals surface area contributed by atoms with Crippen molar-refractivity contribution >= 4 is 15.9 Å². The smallest absolute Gasteiger partial charge is 0.0766 e. The minimum atomic E-state index is 0.331. The van der Waals surface area contributed by atoms with Crippen molar-refractivity contribution < 1.29 is 0 Å². The first kappa shape index (κ1) is 15.0. The monoisotopic (exact) mass is 328 g/mol. The van der Waals surface area contributed by atoms with Gasteiger partial charge in [-0.3, -0.25) is 16.0 Å². The van der Waals surface area contributed by atoms with Gasteiger partial charge in [0.2, 0.25) is 0 Å². The van der Waals surface area contributed by atoms with Gasteiger partial charge in [-0.25, -0.2) is 0 Å². The van der Waals surface area contributed by atoms with Gasteiger partial charge in [-0.15, -0.1) is 0 Å². The summed E-state index contributed by atoms with van der Waals surface area (Å²) in [5, 5.41) is 4.65. The minimum Gasteiger partial charge on any atom is -0.271 e. The summed E-state index contributed by atoms with van der Waals surface area (Å²) >= 11 is 3.71. The summed E-state index contributed by atoms with van der Waals surface area (Å²) in [5.41, 5.74) is 5.85. The largest absolute Gasteiger partial charge is 0.271 e. The molecular weight excluding hydrogens is 304 g/mol. The lowest BCUT2D eigenvalue weighted by atomic mass is 10.00. The molecule has 4 nitrogen and oxygen atoms in total. The second-order valence-electron chi connectivity index (χ2n) is 6.15. The topological polar surface area (TPSA) is 55.9 Å². The Morgan fingerprint density at radius 1 is 1.53 bits per heavy atom. The maximum Gasteiger partial charge on any atom is 0.0766 e. The minimum absolute atomic E-state index is 0.331. The summed E-state index contributed by atoms with van der Waals surface area (Å²) in [6.45, 7) is 9.80. The van der Waals surface area contributed by atoms with E-state index in [2.05, 4.69) is 58.8 Å². The zero-order valence-electron chi connectivity index (χ0n) is 12.3. The first-order valence-electron chi connectivity index (χ1n) is 7.14. The average Bonchev–Trinajstić information content (AvgIpc) is 2.90. The number of hydrogen-bond donors (Lipinski definition) is 2. The molecule has 0 aromatic carbocycles. The molecule has 0 radical (unpaired) electrons. The third-order valence-electron chi connectivity index (χ3n) is 4.40. The summed E-state index contributed by atoms with van der Waals surface area (Å²) in [7, 11) is 0. The SMILES string of the molecule is CCc1nn(CC)c(CC(NN)C2CC2(C)C)c1Br. The van der Waals surface area contributed by atoms with E-state index in [1.54, 1.807) is 0 Å². The van der Waals surface area contributed by atoms with Crippen molar-refractivity contribution in [3.63, 3.8) is 0 Å². The van der Waals surface area contributed by atoms with Crippen LogP contribution in [0.25, 0.3) is 0 Å². The molecule has 1 saturated carbocycles. The molecule has 1 heterocycles. The lowest BCUT2D eigenvalue weighted by molar-refractivity contribution is 0.399. The Morgan fingerprint density at radius 2 is 2.16 bits per heavy atom. The molecule has 0 bridgehead atoms. The van der Waals surface area contributed by atoms with Gasteiger partial charge in [0, 0.05) is 19.0 Å². The third kappa shape index (κ3) is 2.88. The number of hydrazine groups is 1. The number of nitrogens with two attached hydrogens (primary N) is 1. The molecule has 1 fully saturated rings. The number of aryl methyl sites for hydroxylation is 2. The number of halogens is 1. The van der Waals surface area contributed by atoms with E-state index in [-0.39, 0.29) is 0 Å². The fraction of sp³-hybridized carbons (Fsp3) is 0.786. The van der Waals surface area contributed by atoms with Gasteiger partial charge in [0.15, 0.2) is 0 Å². The Balaban J connectivity index is 2.20. The van der Waals surface area contributed by atoms with Gasteiger partial charge in [-0.1, -0.05) is 20.8 Å². The molecule has 2 unspecified atom stereocenters. The quantitative estimate of drug-likeness (QED) is 0.623. The van der Waals surface area contributed by atoms with E-state index < -0.39 is 0 Å². The summed E-state index contributed by atoms with van der Waals surface area (Å²) in [6, 6.07) is 0.331. The van der Waals surface area contributed by atoms with Crippen LogP contribution in [0.2, 0.25) is 0 Å². The van der Waals surface area contributed by atoms with Gasteiger partial charge in [-0.05, 0) is 47.0 Å². The van der Waals surface area contributed by atoms with Crippen molar-refractivity contribution in [2.24, 2.45) is 17.2 Å². The normalized spacial score (nSPS) is 22.5. The summed E-state index contributed by atoms with van der Waals surface area (Å²) in [6.07, 6.45) is 3.14. The molecule has 0 saturated heterocycles. The van der Waals surface area contributed by atoms with Crippen molar-refractivity contribution in [3.8, 4) is 0 Å². The number of hydrogen-bond acceptors (Lipinski definition) is 3. The molecule has 108 valence electrons. The van der Waals surface area contributed by atoms with Crippen LogP contribution >= 0.6 is 15.9 Å². The zero-order valence-corrected chi connectivity index (χ0v) is 13.9. The fourth-order valence-electron chi connectivity index (χ4n) is 2.93. The molecule has 5 heteroatoms. The van der Waals surface area contributed by atoms with Crippen LogP contribution in [0.5, 0.6) is 0 Å². The zero-order chi connectivity index (χ0) is 14.2. The van der Waals surface area contributed by atoms with E-state index in [0.29, 0.717) is 17.4 Å². The average molecular weight is 329 g/mol. The molecule has 1 aromatic heterocycles. The van der Waals surface area contributed by atoms with E-state index in [1.807, 2.05) is 0 Å². The Morgan fingerprint density at radius 3 is 2.58 bits per heavy atom. The highest BCUT2D eigenvalue weighted by Gasteiger charge is 2.50. The van der Waals surface area contributed by atoms with Crippen LogP contribution in [-0.2, 0) is 19.4 Å². The number of rotatable bonds is 6. The first-order valence-corrected chi connectivity index (χ1v) is 7.94. The summed E-state index contributed by atoms with van der Waals surface area (Å²) < 4.78 is 3.26. The van der Waals surface area contributed by atoms with Gasteiger partial charge in [0.1, 0.15) is 0 Å². The van der Waals surface area contributed by atoms with Crippen LogP contribution in [0.15, 0.2) is 4.47 Å². The second kappa shape index (κ2) is 5.54. The summed E-state index contributed by atoms with van der Waals surface area (Å²) in [5.74, 6) is 6.43. The van der Waals surface area contributed by atoms with Crippen LogP contribution in [0.3, 0.4) is 0 Å². The standard InChI is InChI=1S/C14H25BrN4/c1-5-10-13(15)12(19(6-2)18-10)7-11(17-16)9-8-14(9,3)4/h9,11,17H,5-8,16H2,1-4H3. The molecule has 0 spiro atoms. The van der Waals surface area contributed by atoms with Crippen molar-refractivity contribution in [2.75, 3.05) is 0 Å². The fourth-order valence-corrected chi connectivity index (χ4v) is 3.66. The molecular formula is C14H25BrN4. The van der Waals surface area contributed by atoms with Crippen molar-refractivity contribution in [2.45, 2.75) is 59.5 Å². The maximum absolute atomic E-state index is 5.77. The van der Waals surface area contributed by atoms with Crippen LogP contribution in [0, 0.1) is 11.3 Å². The second-order valence-corrected chi connectivity index (χ2v) is 6.95. The van der Waals surface area contributed by atoms with E-state index in [9.17, 15) is 0 Å². The number of aromatic nitrogens is 2. The Kier molecular flexibility index (Phi) is 4.38. The van der Waals surface area contributed by atoms with E-state index in [0.717, 1.165) is 29.6 Å². The van der Waals surface area contributed by atoms with E-state index in [4.69, 9.17) is 5.84 Å². The molecule has 1 aliphatic rings. The van der Waals surface area contributed by atoms with Gasteiger partial charge >= 0.3 is 0 Å². The predicted molar refractivity (Wildman–Crippen MR) is 81.7 cm³/mol. The lowest BCUT2D eigenvalue weighted by Crippen LogP contribution is -2.40. The molecule has 1 aliphatic carbocycles. The third-order valence-corrected chi connectivity index (χ3v) is 5.31. The van der Waals surface area contributed by atoms with Gasteiger partial charge in [0.05, 0.1) is 15.9 Å². The molecule has 2 rings (SSSR count). The maximum atomic E-state index is 5.77. The Hall–Kier alpha value is -0.390.